The molecule has 4 unspecified atom stereocenters. The van der Waals surface area contributed by atoms with Crippen LogP contribution in [-0.4, -0.2) is 36.5 Å². The van der Waals surface area contributed by atoms with Gasteiger partial charge in [0.05, 0.1) is 12.2 Å². The van der Waals surface area contributed by atoms with Gasteiger partial charge in [-0.2, -0.15) is 0 Å². The number of fused-ring (bicyclic) bond motifs is 2. The maximum absolute atomic E-state index is 9.59. The number of hydrogen-bond acceptors (Lipinski definition) is 3. The molecule has 0 bridgehead atoms. The zero-order valence-electron chi connectivity index (χ0n) is 12.6. The molecule has 0 aromatic heterocycles. The molecule has 0 aromatic carbocycles. The standard InChI is InChI=1S/C16H29NO2/c1-11(18)9-15(2,3)10-17-13-12-5-8-19-14(12)16(13)6-4-7-16/h11-14,17-18H,4-10H2,1-3H3. The van der Waals surface area contributed by atoms with Crippen LogP contribution in [0.25, 0.3) is 0 Å². The predicted molar refractivity (Wildman–Crippen MR) is 76.0 cm³/mol. The molecule has 2 saturated carbocycles. The maximum atomic E-state index is 9.59. The van der Waals surface area contributed by atoms with Crippen LogP contribution in [0, 0.1) is 16.7 Å². The number of aliphatic hydroxyl groups excluding tert-OH is 1. The van der Waals surface area contributed by atoms with E-state index in [1.54, 1.807) is 0 Å². The Morgan fingerprint density at radius 3 is 2.74 bits per heavy atom. The Morgan fingerprint density at radius 1 is 1.42 bits per heavy atom. The van der Waals surface area contributed by atoms with E-state index in [-0.39, 0.29) is 11.5 Å². The minimum atomic E-state index is -0.210. The van der Waals surface area contributed by atoms with Gasteiger partial charge in [0.1, 0.15) is 0 Å². The minimum absolute atomic E-state index is 0.170. The van der Waals surface area contributed by atoms with Crippen LogP contribution < -0.4 is 5.32 Å². The van der Waals surface area contributed by atoms with Gasteiger partial charge in [-0.1, -0.05) is 20.3 Å². The van der Waals surface area contributed by atoms with E-state index in [0.717, 1.165) is 25.5 Å². The SMILES string of the molecule is CC(O)CC(C)(C)CNC1C2CCOC2C12CCC2. The number of hydrogen-bond donors (Lipinski definition) is 2. The van der Waals surface area contributed by atoms with Crippen molar-refractivity contribution in [1.29, 1.82) is 0 Å². The molecular formula is C16H29NO2. The average Bonchev–Trinajstić information content (AvgIpc) is 2.59. The molecule has 1 saturated heterocycles. The lowest BCUT2D eigenvalue weighted by Crippen LogP contribution is -2.71. The molecule has 3 nitrogen and oxygen atoms in total. The van der Waals surface area contributed by atoms with Crippen LogP contribution in [0.1, 0.15) is 52.9 Å². The van der Waals surface area contributed by atoms with Gasteiger partial charge in [0.15, 0.2) is 0 Å². The maximum Gasteiger partial charge on any atom is 0.0690 e. The summed E-state index contributed by atoms with van der Waals surface area (Å²) in [6.45, 7) is 8.36. The smallest absolute Gasteiger partial charge is 0.0690 e. The summed E-state index contributed by atoms with van der Waals surface area (Å²) in [5, 5.41) is 13.4. The first kappa shape index (κ1) is 13.8. The van der Waals surface area contributed by atoms with Gasteiger partial charge in [-0.05, 0) is 38.0 Å². The van der Waals surface area contributed by atoms with Crippen molar-refractivity contribution in [2.75, 3.05) is 13.2 Å². The zero-order chi connectivity index (χ0) is 13.7. The quantitative estimate of drug-likeness (QED) is 0.803. The molecule has 4 atom stereocenters. The van der Waals surface area contributed by atoms with Gasteiger partial charge >= 0.3 is 0 Å². The topological polar surface area (TPSA) is 41.5 Å². The van der Waals surface area contributed by atoms with Crippen molar-refractivity contribution in [1.82, 2.24) is 5.32 Å². The molecule has 1 aliphatic heterocycles. The predicted octanol–water partition coefficient (Wildman–Crippen LogP) is 2.33. The zero-order valence-corrected chi connectivity index (χ0v) is 12.6. The second-order valence-corrected chi connectivity index (χ2v) is 7.91. The Bertz CT molecular complexity index is 336. The summed E-state index contributed by atoms with van der Waals surface area (Å²) in [7, 11) is 0. The van der Waals surface area contributed by atoms with Crippen LogP contribution in [0.15, 0.2) is 0 Å². The summed E-state index contributed by atoms with van der Waals surface area (Å²) < 4.78 is 5.96. The molecule has 3 aliphatic rings. The van der Waals surface area contributed by atoms with Crippen molar-refractivity contribution in [2.45, 2.75) is 71.1 Å². The molecule has 3 fully saturated rings. The van der Waals surface area contributed by atoms with Crippen LogP contribution in [0.3, 0.4) is 0 Å². The van der Waals surface area contributed by atoms with Crippen molar-refractivity contribution >= 4 is 0 Å². The molecule has 110 valence electrons. The van der Waals surface area contributed by atoms with Crippen molar-refractivity contribution in [3.8, 4) is 0 Å². The fraction of sp³-hybridized carbons (Fsp3) is 1.00. The van der Waals surface area contributed by atoms with Crippen molar-refractivity contribution in [3.05, 3.63) is 0 Å². The Balaban J connectivity index is 1.58. The van der Waals surface area contributed by atoms with Gasteiger partial charge in [0.25, 0.3) is 0 Å². The van der Waals surface area contributed by atoms with E-state index in [2.05, 4.69) is 19.2 Å². The van der Waals surface area contributed by atoms with Crippen LogP contribution in [0.5, 0.6) is 0 Å². The number of ether oxygens (including phenoxy) is 1. The van der Waals surface area contributed by atoms with Crippen LogP contribution in [-0.2, 0) is 4.74 Å². The van der Waals surface area contributed by atoms with Crippen molar-refractivity contribution in [2.24, 2.45) is 16.7 Å². The van der Waals surface area contributed by atoms with E-state index in [9.17, 15) is 5.11 Å². The first-order chi connectivity index (χ1) is 8.95. The van der Waals surface area contributed by atoms with E-state index in [4.69, 9.17) is 4.74 Å². The highest BCUT2D eigenvalue weighted by Gasteiger charge is 2.66. The third-order valence-electron chi connectivity index (χ3n) is 5.68. The van der Waals surface area contributed by atoms with Gasteiger partial charge in [-0.3, -0.25) is 0 Å². The number of aliphatic hydroxyl groups is 1. The Hall–Kier alpha value is -0.120. The third kappa shape index (κ3) is 2.24. The molecule has 3 heteroatoms. The first-order valence-corrected chi connectivity index (χ1v) is 7.98. The molecule has 0 aromatic rings. The fourth-order valence-corrected chi connectivity index (χ4v) is 4.82. The second kappa shape index (κ2) is 4.71. The summed E-state index contributed by atoms with van der Waals surface area (Å²) in [6.07, 6.45) is 6.52. The molecule has 2 aliphatic carbocycles. The van der Waals surface area contributed by atoms with Crippen LogP contribution in [0.2, 0.25) is 0 Å². The van der Waals surface area contributed by atoms with Crippen molar-refractivity contribution < 1.29 is 9.84 Å². The molecule has 0 amide bonds. The molecule has 3 rings (SSSR count). The summed E-state index contributed by atoms with van der Waals surface area (Å²) in [6, 6.07) is 0.669. The Kier molecular flexibility index (Phi) is 3.43. The van der Waals surface area contributed by atoms with Gasteiger partial charge < -0.3 is 15.2 Å². The molecule has 2 N–H and O–H groups in total. The van der Waals surface area contributed by atoms with Crippen LogP contribution in [0.4, 0.5) is 0 Å². The molecule has 1 heterocycles. The van der Waals surface area contributed by atoms with Gasteiger partial charge in [0, 0.05) is 30.5 Å². The lowest BCUT2D eigenvalue weighted by atomic mass is 9.46. The Labute approximate surface area is 117 Å². The lowest BCUT2D eigenvalue weighted by molar-refractivity contribution is -0.177. The van der Waals surface area contributed by atoms with E-state index < -0.39 is 0 Å². The van der Waals surface area contributed by atoms with Gasteiger partial charge in [-0.25, -0.2) is 0 Å². The largest absolute Gasteiger partial charge is 0.393 e. The third-order valence-corrected chi connectivity index (χ3v) is 5.68. The highest BCUT2D eigenvalue weighted by molar-refractivity contribution is 5.18. The molecule has 19 heavy (non-hydrogen) atoms. The highest BCUT2D eigenvalue weighted by Crippen LogP contribution is 2.62. The summed E-state index contributed by atoms with van der Waals surface area (Å²) in [5.74, 6) is 0.752. The second-order valence-electron chi connectivity index (χ2n) is 7.91. The van der Waals surface area contributed by atoms with Crippen LogP contribution >= 0.6 is 0 Å². The lowest BCUT2D eigenvalue weighted by Gasteiger charge is -2.63. The highest BCUT2D eigenvalue weighted by atomic mass is 16.5. The molecule has 1 spiro atoms. The normalized spacial score (nSPS) is 37.6. The summed E-state index contributed by atoms with van der Waals surface area (Å²) in [5.41, 5.74) is 0.645. The summed E-state index contributed by atoms with van der Waals surface area (Å²) in [4.78, 5) is 0. The monoisotopic (exact) mass is 267 g/mol. The van der Waals surface area contributed by atoms with Gasteiger partial charge in [-0.15, -0.1) is 0 Å². The average molecular weight is 267 g/mol. The molecule has 0 radical (unpaired) electrons. The molecular weight excluding hydrogens is 238 g/mol. The van der Waals surface area contributed by atoms with E-state index >= 15 is 0 Å². The summed E-state index contributed by atoms with van der Waals surface area (Å²) >= 11 is 0. The fourth-order valence-electron chi connectivity index (χ4n) is 4.82. The number of nitrogens with one attached hydrogen (secondary N) is 1. The Morgan fingerprint density at radius 2 is 2.16 bits per heavy atom. The van der Waals surface area contributed by atoms with E-state index in [1.165, 1.54) is 25.7 Å². The van der Waals surface area contributed by atoms with Crippen molar-refractivity contribution in [3.63, 3.8) is 0 Å². The minimum Gasteiger partial charge on any atom is -0.393 e. The van der Waals surface area contributed by atoms with E-state index in [1.807, 2.05) is 6.92 Å². The number of rotatable bonds is 5. The van der Waals surface area contributed by atoms with E-state index in [0.29, 0.717) is 17.6 Å². The van der Waals surface area contributed by atoms with Gasteiger partial charge in [0.2, 0.25) is 0 Å². The first-order valence-electron chi connectivity index (χ1n) is 7.98.